The fourth-order valence-electron chi connectivity index (χ4n) is 2.54. The van der Waals surface area contributed by atoms with Crippen molar-refractivity contribution in [1.29, 1.82) is 0 Å². The first-order valence-corrected chi connectivity index (χ1v) is 6.32. The second kappa shape index (κ2) is 4.32. The van der Waals surface area contributed by atoms with Crippen molar-refractivity contribution >= 4 is 16.7 Å². The predicted molar refractivity (Wildman–Crippen MR) is 70.3 cm³/mol. The number of pyridine rings is 2. The molecule has 0 bridgehead atoms. The fourth-order valence-corrected chi connectivity index (χ4v) is 2.54. The maximum absolute atomic E-state index is 4.60. The summed E-state index contributed by atoms with van der Waals surface area (Å²) in [5.74, 6) is 0. The van der Waals surface area contributed by atoms with Crippen LogP contribution < -0.4 is 4.90 Å². The second-order valence-electron chi connectivity index (χ2n) is 4.69. The summed E-state index contributed by atoms with van der Waals surface area (Å²) in [4.78, 5) is 11.4. The molecule has 2 aromatic rings. The average molecular weight is 227 g/mol. The summed E-state index contributed by atoms with van der Waals surface area (Å²) in [7, 11) is 0. The molecule has 0 unspecified atom stereocenters. The molecule has 1 aliphatic heterocycles. The van der Waals surface area contributed by atoms with Crippen molar-refractivity contribution in [2.45, 2.75) is 26.2 Å². The molecule has 0 saturated carbocycles. The molecule has 0 aromatic carbocycles. The zero-order valence-electron chi connectivity index (χ0n) is 10.2. The molecule has 1 fully saturated rings. The largest absolute Gasteiger partial charge is 0.370 e. The van der Waals surface area contributed by atoms with Crippen molar-refractivity contribution in [3.63, 3.8) is 0 Å². The van der Waals surface area contributed by atoms with Crippen molar-refractivity contribution < 1.29 is 0 Å². The molecule has 0 aliphatic carbocycles. The van der Waals surface area contributed by atoms with E-state index in [2.05, 4.69) is 33.9 Å². The van der Waals surface area contributed by atoms with Crippen LogP contribution in [-0.2, 0) is 0 Å². The van der Waals surface area contributed by atoms with Gasteiger partial charge in [0.15, 0.2) is 5.65 Å². The van der Waals surface area contributed by atoms with Crippen molar-refractivity contribution in [1.82, 2.24) is 9.97 Å². The number of hydrogen-bond acceptors (Lipinski definition) is 3. The third kappa shape index (κ3) is 1.97. The number of nitrogens with zero attached hydrogens (tertiary/aromatic N) is 3. The Hall–Kier alpha value is -1.64. The summed E-state index contributed by atoms with van der Waals surface area (Å²) < 4.78 is 0. The van der Waals surface area contributed by atoms with E-state index in [4.69, 9.17) is 0 Å². The lowest BCUT2D eigenvalue weighted by Gasteiger charge is -2.29. The lowest BCUT2D eigenvalue weighted by molar-refractivity contribution is 0.576. The summed E-state index contributed by atoms with van der Waals surface area (Å²) in [5.41, 5.74) is 3.23. The van der Waals surface area contributed by atoms with E-state index < -0.39 is 0 Å². The first-order chi connectivity index (χ1) is 8.34. The molecule has 0 spiro atoms. The van der Waals surface area contributed by atoms with E-state index in [9.17, 15) is 0 Å². The van der Waals surface area contributed by atoms with E-state index in [1.54, 1.807) is 6.20 Å². The number of aryl methyl sites for hydroxylation is 1. The molecule has 3 rings (SSSR count). The van der Waals surface area contributed by atoms with Gasteiger partial charge in [-0.2, -0.15) is 0 Å². The van der Waals surface area contributed by atoms with Gasteiger partial charge in [-0.3, -0.25) is 0 Å². The SMILES string of the molecule is Cc1nc2ncccc2cc1N1CCCCC1. The summed E-state index contributed by atoms with van der Waals surface area (Å²) in [6.45, 7) is 4.40. The standard InChI is InChI=1S/C14H17N3/c1-11-13(17-8-3-2-4-9-17)10-12-6-5-7-15-14(12)16-11/h5-7,10H,2-4,8-9H2,1H3. The Kier molecular flexibility index (Phi) is 2.67. The molecule has 88 valence electrons. The molecule has 0 amide bonds. The van der Waals surface area contributed by atoms with Crippen LogP contribution in [0.25, 0.3) is 11.0 Å². The molecule has 1 saturated heterocycles. The lowest BCUT2D eigenvalue weighted by Crippen LogP contribution is -2.30. The van der Waals surface area contributed by atoms with Gasteiger partial charge in [0.05, 0.1) is 11.4 Å². The lowest BCUT2D eigenvalue weighted by atomic mass is 10.1. The Morgan fingerprint density at radius 3 is 2.82 bits per heavy atom. The van der Waals surface area contributed by atoms with Crippen LogP contribution in [0.4, 0.5) is 5.69 Å². The summed E-state index contributed by atoms with van der Waals surface area (Å²) in [5, 5.41) is 1.14. The number of anilines is 1. The molecule has 3 heterocycles. The van der Waals surface area contributed by atoms with E-state index in [0.29, 0.717) is 0 Å². The minimum absolute atomic E-state index is 0.853. The van der Waals surface area contributed by atoms with E-state index in [-0.39, 0.29) is 0 Å². The van der Waals surface area contributed by atoms with E-state index in [1.807, 2.05) is 6.07 Å². The van der Waals surface area contributed by atoms with Gasteiger partial charge in [0, 0.05) is 24.7 Å². The first kappa shape index (κ1) is 10.5. The van der Waals surface area contributed by atoms with Crippen molar-refractivity contribution in [3.8, 4) is 0 Å². The minimum Gasteiger partial charge on any atom is -0.370 e. The van der Waals surface area contributed by atoms with Gasteiger partial charge in [0.2, 0.25) is 0 Å². The van der Waals surface area contributed by atoms with Crippen LogP contribution in [0.3, 0.4) is 0 Å². The van der Waals surface area contributed by atoms with Crippen LogP contribution in [0.15, 0.2) is 24.4 Å². The molecule has 0 atom stereocenters. The Labute approximate surface area is 101 Å². The van der Waals surface area contributed by atoms with Crippen LogP contribution in [0.1, 0.15) is 25.0 Å². The molecule has 3 nitrogen and oxygen atoms in total. The quantitative estimate of drug-likeness (QED) is 0.750. The predicted octanol–water partition coefficient (Wildman–Crippen LogP) is 2.93. The van der Waals surface area contributed by atoms with Crippen molar-refractivity contribution in [2.24, 2.45) is 0 Å². The molecule has 2 aromatic heterocycles. The highest BCUT2D eigenvalue weighted by Gasteiger charge is 2.14. The average Bonchev–Trinajstić information content (AvgIpc) is 2.39. The third-order valence-electron chi connectivity index (χ3n) is 3.45. The monoisotopic (exact) mass is 227 g/mol. The molecular weight excluding hydrogens is 210 g/mol. The molecule has 1 aliphatic rings. The van der Waals surface area contributed by atoms with Gasteiger partial charge in [-0.25, -0.2) is 9.97 Å². The van der Waals surface area contributed by atoms with Crippen molar-refractivity contribution in [3.05, 3.63) is 30.1 Å². The van der Waals surface area contributed by atoms with E-state index in [0.717, 1.165) is 29.8 Å². The number of aromatic nitrogens is 2. The summed E-state index contributed by atoms with van der Waals surface area (Å²) in [6, 6.07) is 6.29. The van der Waals surface area contributed by atoms with Gasteiger partial charge in [0.1, 0.15) is 0 Å². The van der Waals surface area contributed by atoms with E-state index in [1.165, 1.54) is 24.9 Å². The molecule has 3 heteroatoms. The summed E-state index contributed by atoms with van der Waals surface area (Å²) >= 11 is 0. The highest BCUT2D eigenvalue weighted by molar-refractivity contribution is 5.79. The van der Waals surface area contributed by atoms with Crippen LogP contribution in [0.5, 0.6) is 0 Å². The first-order valence-electron chi connectivity index (χ1n) is 6.32. The Morgan fingerprint density at radius 2 is 2.00 bits per heavy atom. The van der Waals surface area contributed by atoms with Crippen LogP contribution in [0, 0.1) is 6.92 Å². The number of piperidine rings is 1. The number of fused-ring (bicyclic) bond motifs is 1. The van der Waals surface area contributed by atoms with Gasteiger partial charge in [-0.15, -0.1) is 0 Å². The van der Waals surface area contributed by atoms with Gasteiger partial charge in [-0.1, -0.05) is 0 Å². The molecule has 0 radical (unpaired) electrons. The maximum Gasteiger partial charge on any atom is 0.159 e. The molecular formula is C14H17N3. The Morgan fingerprint density at radius 1 is 1.18 bits per heavy atom. The molecule has 17 heavy (non-hydrogen) atoms. The van der Waals surface area contributed by atoms with E-state index >= 15 is 0 Å². The highest BCUT2D eigenvalue weighted by Crippen LogP contribution is 2.25. The second-order valence-corrected chi connectivity index (χ2v) is 4.69. The van der Waals surface area contributed by atoms with Gasteiger partial charge in [0.25, 0.3) is 0 Å². The van der Waals surface area contributed by atoms with Gasteiger partial charge in [-0.05, 0) is 44.4 Å². The normalized spacial score (nSPS) is 16.4. The fraction of sp³-hybridized carbons (Fsp3) is 0.429. The number of rotatable bonds is 1. The van der Waals surface area contributed by atoms with Gasteiger partial charge >= 0.3 is 0 Å². The zero-order chi connectivity index (χ0) is 11.7. The topological polar surface area (TPSA) is 29.0 Å². The molecule has 0 N–H and O–H groups in total. The van der Waals surface area contributed by atoms with Crippen LogP contribution in [-0.4, -0.2) is 23.1 Å². The van der Waals surface area contributed by atoms with Crippen LogP contribution >= 0.6 is 0 Å². The minimum atomic E-state index is 0.853. The highest BCUT2D eigenvalue weighted by atomic mass is 15.1. The van der Waals surface area contributed by atoms with Crippen molar-refractivity contribution in [2.75, 3.05) is 18.0 Å². The summed E-state index contributed by atoms with van der Waals surface area (Å²) in [6.07, 6.45) is 5.75. The van der Waals surface area contributed by atoms with Gasteiger partial charge < -0.3 is 4.90 Å². The van der Waals surface area contributed by atoms with Crippen LogP contribution in [0.2, 0.25) is 0 Å². The maximum atomic E-state index is 4.60. The zero-order valence-corrected chi connectivity index (χ0v) is 10.2. The Balaban J connectivity index is 2.06. The third-order valence-corrected chi connectivity index (χ3v) is 3.45. The number of hydrogen-bond donors (Lipinski definition) is 0. The Bertz CT molecular complexity index is 530. The smallest absolute Gasteiger partial charge is 0.159 e.